The Morgan fingerprint density at radius 3 is 2.83 bits per heavy atom. The summed E-state index contributed by atoms with van der Waals surface area (Å²) in [4.78, 5) is 23.8. The highest BCUT2D eigenvalue weighted by molar-refractivity contribution is 7.23. The third-order valence-corrected chi connectivity index (χ3v) is 6.36. The molecule has 0 unspecified atom stereocenters. The normalized spacial score (nSPS) is 11.1. The molecule has 0 aliphatic carbocycles. The highest BCUT2D eigenvalue weighted by atomic mass is 35.5. The van der Waals surface area contributed by atoms with Gasteiger partial charge in [0.25, 0.3) is 5.91 Å². The molecular formula is C21H18Cl2N4OS. The van der Waals surface area contributed by atoms with Gasteiger partial charge in [0.05, 0.1) is 21.6 Å². The van der Waals surface area contributed by atoms with E-state index in [0.29, 0.717) is 27.3 Å². The molecule has 0 bridgehead atoms. The fourth-order valence-electron chi connectivity index (χ4n) is 3.10. The van der Waals surface area contributed by atoms with E-state index in [1.54, 1.807) is 41.7 Å². The van der Waals surface area contributed by atoms with Crippen LogP contribution in [0.1, 0.15) is 22.3 Å². The fourth-order valence-corrected chi connectivity index (χ4v) is 4.63. The molecule has 0 N–H and O–H groups in total. The Balaban J connectivity index is 1.68. The van der Waals surface area contributed by atoms with Crippen LogP contribution in [0.3, 0.4) is 0 Å². The highest BCUT2D eigenvalue weighted by Gasteiger charge is 2.22. The maximum absolute atomic E-state index is 13.3. The number of halogens is 2. The second-order valence-electron chi connectivity index (χ2n) is 6.66. The minimum atomic E-state index is -0.133. The monoisotopic (exact) mass is 444 g/mol. The molecule has 0 saturated carbocycles. The van der Waals surface area contributed by atoms with Gasteiger partial charge in [-0.25, -0.2) is 9.97 Å². The van der Waals surface area contributed by atoms with Crippen LogP contribution in [-0.4, -0.2) is 27.0 Å². The Morgan fingerprint density at radius 1 is 1.24 bits per heavy atom. The summed E-state index contributed by atoms with van der Waals surface area (Å²) in [5.41, 5.74) is 2.39. The van der Waals surface area contributed by atoms with E-state index >= 15 is 0 Å². The van der Waals surface area contributed by atoms with Crippen molar-refractivity contribution in [3.63, 3.8) is 0 Å². The fraction of sp³-hybridized carbons (Fsp3) is 0.190. The molecule has 4 rings (SSSR count). The molecule has 2 aromatic carbocycles. The van der Waals surface area contributed by atoms with E-state index in [1.165, 1.54) is 11.3 Å². The third-order valence-electron chi connectivity index (χ3n) is 4.59. The average Bonchev–Trinajstić information content (AvgIpc) is 3.38. The Labute approximate surface area is 182 Å². The van der Waals surface area contributed by atoms with Crippen LogP contribution in [0.25, 0.3) is 10.2 Å². The lowest BCUT2D eigenvalue weighted by Gasteiger charge is -2.20. The largest absolute Gasteiger partial charge is 0.337 e. The zero-order chi connectivity index (χ0) is 20.4. The average molecular weight is 445 g/mol. The number of rotatable bonds is 6. The number of aromatic nitrogens is 3. The molecule has 4 aromatic rings. The van der Waals surface area contributed by atoms with Crippen molar-refractivity contribution in [2.45, 2.75) is 19.9 Å². The number of hydrogen-bond acceptors (Lipinski definition) is 4. The van der Waals surface area contributed by atoms with Gasteiger partial charge in [0.1, 0.15) is 0 Å². The van der Waals surface area contributed by atoms with Gasteiger partial charge in [0.2, 0.25) is 0 Å². The van der Waals surface area contributed by atoms with Crippen molar-refractivity contribution in [3.8, 4) is 0 Å². The summed E-state index contributed by atoms with van der Waals surface area (Å²) in [6.07, 6.45) is 6.17. The number of carbonyl (C=O) groups excluding carboxylic acids is 1. The standard InChI is InChI=1S/C21H18Cl2N4OS/c1-14-6-7-17(23)19-18(14)25-21(29-19)27(10-3-9-26-11-8-24-13-26)20(28)15-4-2-5-16(22)12-15/h2,4-8,11-13H,3,9-10H2,1H3. The maximum Gasteiger partial charge on any atom is 0.260 e. The molecule has 0 aliphatic rings. The molecule has 2 heterocycles. The zero-order valence-electron chi connectivity index (χ0n) is 15.7. The minimum absolute atomic E-state index is 0.133. The van der Waals surface area contributed by atoms with Crippen molar-refractivity contribution in [3.05, 3.63) is 76.3 Å². The van der Waals surface area contributed by atoms with E-state index in [4.69, 9.17) is 28.2 Å². The summed E-state index contributed by atoms with van der Waals surface area (Å²) in [6, 6.07) is 10.8. The smallest absolute Gasteiger partial charge is 0.260 e. The number of benzene rings is 2. The molecule has 0 atom stereocenters. The van der Waals surface area contributed by atoms with Gasteiger partial charge in [0.15, 0.2) is 5.13 Å². The number of carbonyl (C=O) groups is 1. The number of amides is 1. The number of nitrogens with zero attached hydrogens (tertiary/aromatic N) is 4. The first-order valence-electron chi connectivity index (χ1n) is 9.12. The topological polar surface area (TPSA) is 51.0 Å². The Morgan fingerprint density at radius 2 is 2.10 bits per heavy atom. The SMILES string of the molecule is Cc1ccc(Cl)c2sc(N(CCCn3ccnc3)C(=O)c3cccc(Cl)c3)nc12. The number of fused-ring (bicyclic) bond motifs is 1. The first-order chi connectivity index (χ1) is 14.0. The Kier molecular flexibility index (Phi) is 5.85. The van der Waals surface area contributed by atoms with Gasteiger partial charge in [-0.05, 0) is 43.2 Å². The van der Waals surface area contributed by atoms with E-state index in [-0.39, 0.29) is 5.91 Å². The third kappa shape index (κ3) is 4.29. The molecule has 0 saturated heterocycles. The summed E-state index contributed by atoms with van der Waals surface area (Å²) >= 11 is 13.9. The molecule has 2 aromatic heterocycles. The van der Waals surface area contributed by atoms with Gasteiger partial charge in [-0.1, -0.05) is 46.7 Å². The maximum atomic E-state index is 13.3. The van der Waals surface area contributed by atoms with Crippen molar-refractivity contribution in [1.82, 2.24) is 14.5 Å². The predicted octanol–water partition coefficient (Wildman–Crippen LogP) is 5.85. The summed E-state index contributed by atoms with van der Waals surface area (Å²) in [5, 5.41) is 1.80. The summed E-state index contributed by atoms with van der Waals surface area (Å²) in [7, 11) is 0. The lowest BCUT2D eigenvalue weighted by molar-refractivity contribution is 0.0986. The van der Waals surface area contributed by atoms with E-state index in [2.05, 4.69) is 4.98 Å². The molecule has 0 radical (unpaired) electrons. The Hall–Kier alpha value is -2.41. The number of anilines is 1. The molecule has 8 heteroatoms. The molecule has 148 valence electrons. The van der Waals surface area contributed by atoms with E-state index < -0.39 is 0 Å². The zero-order valence-corrected chi connectivity index (χ0v) is 18.0. The molecule has 1 amide bonds. The van der Waals surface area contributed by atoms with Crippen LogP contribution in [-0.2, 0) is 6.54 Å². The number of hydrogen-bond donors (Lipinski definition) is 0. The summed E-state index contributed by atoms with van der Waals surface area (Å²) in [6.45, 7) is 3.26. The van der Waals surface area contributed by atoms with Gasteiger partial charge >= 0.3 is 0 Å². The molecule has 0 fully saturated rings. The molecular weight excluding hydrogens is 427 g/mol. The summed E-state index contributed by atoms with van der Waals surface area (Å²) < 4.78 is 2.88. The van der Waals surface area contributed by atoms with Crippen LogP contribution in [0.2, 0.25) is 10.0 Å². The van der Waals surface area contributed by atoms with E-state index in [0.717, 1.165) is 28.7 Å². The van der Waals surface area contributed by atoms with Gasteiger partial charge in [-0.15, -0.1) is 0 Å². The molecule has 0 aliphatic heterocycles. The molecule has 29 heavy (non-hydrogen) atoms. The lowest BCUT2D eigenvalue weighted by atomic mass is 10.2. The van der Waals surface area contributed by atoms with Gasteiger partial charge in [-0.3, -0.25) is 9.69 Å². The van der Waals surface area contributed by atoms with Gasteiger partial charge < -0.3 is 4.57 Å². The van der Waals surface area contributed by atoms with Gasteiger partial charge in [-0.2, -0.15) is 0 Å². The number of imidazole rings is 1. The lowest BCUT2D eigenvalue weighted by Crippen LogP contribution is -2.32. The van der Waals surface area contributed by atoms with Crippen LogP contribution in [0.5, 0.6) is 0 Å². The van der Waals surface area contributed by atoms with Crippen molar-refractivity contribution in [1.29, 1.82) is 0 Å². The van der Waals surface area contributed by atoms with Crippen molar-refractivity contribution < 1.29 is 4.79 Å². The minimum Gasteiger partial charge on any atom is -0.337 e. The number of thiazole rings is 1. The Bertz CT molecular complexity index is 1120. The second-order valence-corrected chi connectivity index (χ2v) is 8.48. The van der Waals surface area contributed by atoms with Crippen LogP contribution in [0.4, 0.5) is 5.13 Å². The van der Waals surface area contributed by atoms with Crippen LogP contribution < -0.4 is 4.90 Å². The van der Waals surface area contributed by atoms with Crippen LogP contribution >= 0.6 is 34.5 Å². The molecule has 0 spiro atoms. The van der Waals surface area contributed by atoms with Crippen LogP contribution in [0, 0.1) is 6.92 Å². The van der Waals surface area contributed by atoms with E-state index in [9.17, 15) is 4.79 Å². The highest BCUT2D eigenvalue weighted by Crippen LogP contribution is 2.36. The predicted molar refractivity (Wildman–Crippen MR) is 119 cm³/mol. The molecule has 5 nitrogen and oxygen atoms in total. The first kappa shape index (κ1) is 19.9. The van der Waals surface area contributed by atoms with Crippen molar-refractivity contribution >= 4 is 55.8 Å². The van der Waals surface area contributed by atoms with Crippen molar-refractivity contribution in [2.24, 2.45) is 0 Å². The van der Waals surface area contributed by atoms with Crippen LogP contribution in [0.15, 0.2) is 55.1 Å². The number of aryl methyl sites for hydroxylation is 2. The quantitative estimate of drug-likeness (QED) is 0.374. The summed E-state index contributed by atoms with van der Waals surface area (Å²) in [5.74, 6) is -0.133. The second kappa shape index (κ2) is 8.53. The van der Waals surface area contributed by atoms with Gasteiger partial charge in [0, 0.05) is 36.1 Å². The van der Waals surface area contributed by atoms with E-state index in [1.807, 2.05) is 29.8 Å². The van der Waals surface area contributed by atoms with Crippen molar-refractivity contribution in [2.75, 3.05) is 11.4 Å². The first-order valence-corrected chi connectivity index (χ1v) is 10.7.